The molecule has 21 heavy (non-hydrogen) atoms. The number of nitrogens with one attached hydrogen (secondary N) is 1. The van der Waals surface area contributed by atoms with Gasteiger partial charge in [0.25, 0.3) is 5.91 Å². The Hall–Kier alpha value is -1.52. The molecule has 2 aromatic carbocycles. The van der Waals surface area contributed by atoms with Crippen LogP contribution < -0.4 is 10.1 Å². The molecule has 0 aliphatic heterocycles. The average Bonchev–Trinajstić information content (AvgIpc) is 2.44. The Bertz CT molecular complexity index is 660. The number of hydrogen-bond acceptors (Lipinski definition) is 2. The summed E-state index contributed by atoms with van der Waals surface area (Å²) in [5.41, 5.74) is 1.61. The first-order valence-electron chi connectivity index (χ1n) is 6.45. The number of para-hydroxylation sites is 1. The Kier molecular flexibility index (Phi) is 5.26. The summed E-state index contributed by atoms with van der Waals surface area (Å²) in [6, 6.07) is 12.7. The van der Waals surface area contributed by atoms with Gasteiger partial charge in [0.1, 0.15) is 5.75 Å². The van der Waals surface area contributed by atoms with Crippen LogP contribution in [0.4, 0.5) is 5.69 Å². The van der Waals surface area contributed by atoms with Gasteiger partial charge in [0, 0.05) is 9.50 Å². The summed E-state index contributed by atoms with van der Waals surface area (Å²) < 4.78 is 6.52. The molecule has 1 amide bonds. The number of hydrogen-bond donors (Lipinski definition) is 1. The topological polar surface area (TPSA) is 38.3 Å². The molecule has 1 unspecified atom stereocenters. The van der Waals surface area contributed by atoms with Crippen molar-refractivity contribution in [2.24, 2.45) is 0 Å². The van der Waals surface area contributed by atoms with Crippen LogP contribution in [-0.4, -0.2) is 12.0 Å². The zero-order valence-corrected chi connectivity index (χ0v) is 14.0. The normalized spacial score (nSPS) is 11.8. The van der Waals surface area contributed by atoms with Crippen LogP contribution in [0, 0.1) is 6.92 Å². The van der Waals surface area contributed by atoms with Crippen molar-refractivity contribution in [3.63, 3.8) is 0 Å². The molecule has 0 heterocycles. The number of rotatable bonds is 4. The van der Waals surface area contributed by atoms with E-state index in [2.05, 4.69) is 21.2 Å². The summed E-state index contributed by atoms with van der Waals surface area (Å²) in [5.74, 6) is 0.436. The van der Waals surface area contributed by atoms with Crippen LogP contribution in [-0.2, 0) is 4.79 Å². The van der Waals surface area contributed by atoms with Gasteiger partial charge in [-0.15, -0.1) is 0 Å². The maximum atomic E-state index is 12.2. The van der Waals surface area contributed by atoms with Crippen LogP contribution in [0.5, 0.6) is 5.75 Å². The van der Waals surface area contributed by atoms with Gasteiger partial charge < -0.3 is 10.1 Å². The van der Waals surface area contributed by atoms with E-state index in [9.17, 15) is 4.79 Å². The van der Waals surface area contributed by atoms with E-state index in [0.717, 1.165) is 10.0 Å². The van der Waals surface area contributed by atoms with E-state index >= 15 is 0 Å². The molecule has 0 saturated heterocycles. The third-order valence-electron chi connectivity index (χ3n) is 2.94. The summed E-state index contributed by atoms with van der Waals surface area (Å²) in [4.78, 5) is 12.2. The number of carbonyl (C=O) groups is 1. The molecule has 0 bridgehead atoms. The number of halogens is 2. The fourth-order valence-corrected chi connectivity index (χ4v) is 2.40. The van der Waals surface area contributed by atoms with E-state index in [0.29, 0.717) is 16.5 Å². The van der Waals surface area contributed by atoms with Crippen LogP contribution >= 0.6 is 27.5 Å². The van der Waals surface area contributed by atoms with Crippen molar-refractivity contribution < 1.29 is 9.53 Å². The Balaban J connectivity index is 2.04. The van der Waals surface area contributed by atoms with E-state index < -0.39 is 6.10 Å². The lowest BCUT2D eigenvalue weighted by Crippen LogP contribution is -2.30. The van der Waals surface area contributed by atoms with Crippen molar-refractivity contribution in [2.75, 3.05) is 5.32 Å². The van der Waals surface area contributed by atoms with E-state index in [-0.39, 0.29) is 5.91 Å². The van der Waals surface area contributed by atoms with Gasteiger partial charge in [-0.25, -0.2) is 0 Å². The third kappa shape index (κ3) is 4.22. The van der Waals surface area contributed by atoms with Gasteiger partial charge in [-0.1, -0.05) is 23.7 Å². The van der Waals surface area contributed by atoms with Crippen molar-refractivity contribution in [3.8, 4) is 5.75 Å². The maximum Gasteiger partial charge on any atom is 0.265 e. The smallest absolute Gasteiger partial charge is 0.265 e. The second kappa shape index (κ2) is 6.96. The number of benzene rings is 2. The summed E-state index contributed by atoms with van der Waals surface area (Å²) in [5, 5.41) is 3.47. The molecule has 0 aliphatic carbocycles. The van der Waals surface area contributed by atoms with Crippen molar-refractivity contribution in [1.29, 1.82) is 0 Å². The lowest BCUT2D eigenvalue weighted by molar-refractivity contribution is -0.122. The summed E-state index contributed by atoms with van der Waals surface area (Å²) in [6.07, 6.45) is -0.614. The molecule has 1 N–H and O–H groups in total. The molecule has 0 saturated carbocycles. The summed E-state index contributed by atoms with van der Waals surface area (Å²) in [7, 11) is 0. The van der Waals surface area contributed by atoms with E-state index in [1.54, 1.807) is 25.1 Å². The van der Waals surface area contributed by atoms with E-state index in [1.807, 2.05) is 31.2 Å². The van der Waals surface area contributed by atoms with Crippen molar-refractivity contribution >= 4 is 39.1 Å². The highest BCUT2D eigenvalue weighted by molar-refractivity contribution is 9.10. The van der Waals surface area contributed by atoms with Gasteiger partial charge >= 0.3 is 0 Å². The minimum Gasteiger partial charge on any atom is -0.481 e. The highest BCUT2D eigenvalue weighted by Gasteiger charge is 2.16. The van der Waals surface area contributed by atoms with Crippen LogP contribution in [0.1, 0.15) is 12.5 Å². The summed E-state index contributed by atoms with van der Waals surface area (Å²) >= 11 is 9.29. The highest BCUT2D eigenvalue weighted by Crippen LogP contribution is 2.24. The molecule has 2 aromatic rings. The fraction of sp³-hybridized carbons (Fsp3) is 0.188. The van der Waals surface area contributed by atoms with Gasteiger partial charge in [-0.3, -0.25) is 4.79 Å². The first-order valence-corrected chi connectivity index (χ1v) is 7.62. The predicted octanol–water partition coefficient (Wildman–Crippen LogP) is 4.82. The van der Waals surface area contributed by atoms with Crippen LogP contribution in [0.15, 0.2) is 46.9 Å². The molecule has 0 fully saturated rings. The maximum absolute atomic E-state index is 12.2. The number of aryl methyl sites for hydroxylation is 1. The first kappa shape index (κ1) is 15.9. The van der Waals surface area contributed by atoms with Gasteiger partial charge in [0.2, 0.25) is 0 Å². The second-order valence-corrected chi connectivity index (χ2v) is 5.93. The summed E-state index contributed by atoms with van der Waals surface area (Å²) in [6.45, 7) is 3.60. The molecular formula is C16H15BrClNO2. The van der Waals surface area contributed by atoms with Crippen LogP contribution in [0.2, 0.25) is 5.02 Å². The second-order valence-electron chi connectivity index (χ2n) is 4.64. The number of amides is 1. The Morgan fingerprint density at radius 2 is 2.00 bits per heavy atom. The first-order chi connectivity index (χ1) is 9.97. The van der Waals surface area contributed by atoms with Gasteiger partial charge in [0.15, 0.2) is 6.10 Å². The number of carbonyl (C=O) groups excluding carboxylic acids is 1. The largest absolute Gasteiger partial charge is 0.481 e. The lowest BCUT2D eigenvalue weighted by Gasteiger charge is -2.17. The molecule has 3 nitrogen and oxygen atoms in total. The zero-order chi connectivity index (χ0) is 15.4. The monoisotopic (exact) mass is 367 g/mol. The van der Waals surface area contributed by atoms with Gasteiger partial charge in [0.05, 0.1) is 5.69 Å². The number of ether oxygens (including phenoxy) is 1. The third-order valence-corrected chi connectivity index (χ3v) is 3.87. The van der Waals surface area contributed by atoms with Gasteiger partial charge in [-0.2, -0.15) is 0 Å². The minimum atomic E-state index is -0.614. The van der Waals surface area contributed by atoms with Crippen molar-refractivity contribution in [2.45, 2.75) is 20.0 Å². The predicted molar refractivity (Wildman–Crippen MR) is 89.1 cm³/mol. The quantitative estimate of drug-likeness (QED) is 0.840. The SMILES string of the molecule is Cc1cc(Cl)ccc1OC(C)C(=O)Nc1ccccc1Br. The van der Waals surface area contributed by atoms with Crippen LogP contribution in [0.3, 0.4) is 0 Å². The van der Waals surface area contributed by atoms with Crippen LogP contribution in [0.25, 0.3) is 0 Å². The Morgan fingerprint density at radius 1 is 1.29 bits per heavy atom. The highest BCUT2D eigenvalue weighted by atomic mass is 79.9. The average molecular weight is 369 g/mol. The molecule has 110 valence electrons. The molecule has 2 rings (SSSR count). The van der Waals surface area contributed by atoms with Crippen molar-refractivity contribution in [3.05, 3.63) is 57.5 Å². The van der Waals surface area contributed by atoms with Crippen molar-refractivity contribution in [1.82, 2.24) is 0 Å². The molecule has 0 aliphatic rings. The molecule has 0 spiro atoms. The zero-order valence-electron chi connectivity index (χ0n) is 11.7. The molecule has 0 aromatic heterocycles. The Morgan fingerprint density at radius 3 is 2.67 bits per heavy atom. The molecular weight excluding hydrogens is 354 g/mol. The molecule has 5 heteroatoms. The minimum absolute atomic E-state index is 0.212. The number of anilines is 1. The van der Waals surface area contributed by atoms with E-state index in [1.165, 1.54) is 0 Å². The standard InChI is InChI=1S/C16H15BrClNO2/c1-10-9-12(18)7-8-15(10)21-11(2)16(20)19-14-6-4-3-5-13(14)17/h3-9,11H,1-2H3,(H,19,20). The Labute approximate surface area is 137 Å². The molecule has 0 radical (unpaired) electrons. The van der Waals surface area contributed by atoms with E-state index in [4.69, 9.17) is 16.3 Å². The van der Waals surface area contributed by atoms with Gasteiger partial charge in [-0.05, 0) is 65.7 Å². The lowest BCUT2D eigenvalue weighted by atomic mass is 10.2. The molecule has 1 atom stereocenters. The fourth-order valence-electron chi connectivity index (χ4n) is 1.79.